The highest BCUT2D eigenvalue weighted by molar-refractivity contribution is 5.81. The zero-order valence-electron chi connectivity index (χ0n) is 13.8. The van der Waals surface area contributed by atoms with Crippen LogP contribution >= 0.6 is 0 Å². The molecule has 7 nitrogen and oxygen atoms in total. The number of hydrogen-bond acceptors (Lipinski definition) is 4. The second kappa shape index (κ2) is 6.76. The summed E-state index contributed by atoms with van der Waals surface area (Å²) in [6.45, 7) is 6.51. The predicted molar refractivity (Wildman–Crippen MR) is 88.3 cm³/mol. The lowest BCUT2D eigenvalue weighted by atomic mass is 9.81. The number of fused-ring (bicyclic) bond motifs is 1. The van der Waals surface area contributed by atoms with Gasteiger partial charge in [0.25, 0.3) is 0 Å². The largest absolute Gasteiger partial charge is 0.481 e. The summed E-state index contributed by atoms with van der Waals surface area (Å²) in [6, 6.07) is 0. The van der Waals surface area contributed by atoms with E-state index in [4.69, 9.17) is 0 Å². The van der Waals surface area contributed by atoms with Crippen LogP contribution in [0.5, 0.6) is 0 Å². The first kappa shape index (κ1) is 16.7. The number of hydrogen-bond donors (Lipinski definition) is 2. The number of carboxylic acids is 1. The highest BCUT2D eigenvalue weighted by Crippen LogP contribution is 2.43. The number of amides is 1. The van der Waals surface area contributed by atoms with E-state index in [-0.39, 0.29) is 11.8 Å². The van der Waals surface area contributed by atoms with Crippen molar-refractivity contribution in [2.75, 3.05) is 32.7 Å². The van der Waals surface area contributed by atoms with Crippen LogP contribution in [0.2, 0.25) is 0 Å². The van der Waals surface area contributed by atoms with Crippen molar-refractivity contribution in [2.45, 2.75) is 19.3 Å². The van der Waals surface area contributed by atoms with Gasteiger partial charge in [0.05, 0.1) is 6.20 Å². The maximum absolute atomic E-state index is 12.5. The molecule has 0 spiro atoms. The van der Waals surface area contributed by atoms with Gasteiger partial charge in [0.15, 0.2) is 0 Å². The molecule has 1 aromatic heterocycles. The van der Waals surface area contributed by atoms with E-state index in [0.717, 1.165) is 24.9 Å². The number of rotatable bonds is 7. The minimum atomic E-state index is -0.816. The van der Waals surface area contributed by atoms with Crippen LogP contribution in [-0.2, 0) is 16.0 Å². The molecule has 0 bridgehead atoms. The molecule has 24 heavy (non-hydrogen) atoms. The van der Waals surface area contributed by atoms with Crippen LogP contribution in [0.3, 0.4) is 0 Å². The van der Waals surface area contributed by atoms with Crippen molar-refractivity contribution in [1.29, 1.82) is 0 Å². The van der Waals surface area contributed by atoms with Gasteiger partial charge < -0.3 is 10.0 Å². The van der Waals surface area contributed by atoms with Gasteiger partial charge in [-0.2, -0.15) is 5.10 Å². The highest BCUT2D eigenvalue weighted by Gasteiger charge is 2.58. The third kappa shape index (κ3) is 3.08. The van der Waals surface area contributed by atoms with E-state index in [1.54, 1.807) is 17.2 Å². The lowest BCUT2D eigenvalue weighted by Gasteiger charge is -2.25. The van der Waals surface area contributed by atoms with Crippen LogP contribution in [0.15, 0.2) is 25.0 Å². The monoisotopic (exact) mass is 332 g/mol. The minimum absolute atomic E-state index is 0.00720. The van der Waals surface area contributed by atoms with E-state index in [1.165, 1.54) is 0 Å². The first-order valence-corrected chi connectivity index (χ1v) is 8.37. The van der Waals surface area contributed by atoms with Gasteiger partial charge >= 0.3 is 5.97 Å². The Balaban J connectivity index is 1.56. The Labute approximate surface area is 141 Å². The van der Waals surface area contributed by atoms with Gasteiger partial charge in [0, 0.05) is 51.3 Å². The number of likely N-dealkylation sites (tertiary alicyclic amines) is 2. The minimum Gasteiger partial charge on any atom is -0.481 e. The second-order valence-corrected chi connectivity index (χ2v) is 6.88. The zero-order chi connectivity index (χ0) is 17.2. The summed E-state index contributed by atoms with van der Waals surface area (Å²) in [4.78, 5) is 28.2. The molecular weight excluding hydrogens is 308 g/mol. The first-order valence-electron chi connectivity index (χ1n) is 8.37. The van der Waals surface area contributed by atoms with Crippen molar-refractivity contribution in [3.8, 4) is 0 Å². The zero-order valence-corrected chi connectivity index (χ0v) is 13.8. The van der Waals surface area contributed by atoms with E-state index >= 15 is 0 Å². The number of nitrogens with zero attached hydrogens (tertiary/aromatic N) is 3. The van der Waals surface area contributed by atoms with Crippen LogP contribution in [0.1, 0.15) is 18.4 Å². The topological polar surface area (TPSA) is 89.5 Å². The van der Waals surface area contributed by atoms with Gasteiger partial charge in [0.1, 0.15) is 5.41 Å². The number of aliphatic carboxylic acids is 1. The van der Waals surface area contributed by atoms with Crippen LogP contribution < -0.4 is 0 Å². The number of carbonyl (C=O) groups excluding carboxylic acids is 1. The number of H-pyrrole nitrogens is 1. The van der Waals surface area contributed by atoms with Crippen molar-refractivity contribution < 1.29 is 14.7 Å². The van der Waals surface area contributed by atoms with Crippen LogP contribution in [0, 0.1) is 11.3 Å². The lowest BCUT2D eigenvalue weighted by Crippen LogP contribution is -2.42. The molecule has 0 saturated carbocycles. The second-order valence-electron chi connectivity index (χ2n) is 6.88. The molecule has 7 heteroatoms. The standard InChI is InChI=1S/C17H24N4O3/c1-2-6-20-9-14-10-21(12-17(14,11-20)16(23)24)15(22)5-3-4-13-7-18-19-8-13/h2,7-8,14H,1,3-6,9-12H2,(H,18,19)(H,23,24)/t14-,17-/m1/s1. The predicted octanol–water partition coefficient (Wildman–Crippen LogP) is 0.763. The number of carbonyl (C=O) groups is 2. The van der Waals surface area contributed by atoms with E-state index in [2.05, 4.69) is 21.7 Å². The lowest BCUT2D eigenvalue weighted by molar-refractivity contribution is -0.149. The maximum atomic E-state index is 12.5. The molecule has 3 heterocycles. The number of nitrogens with one attached hydrogen (secondary N) is 1. The van der Waals surface area contributed by atoms with Crippen molar-refractivity contribution in [1.82, 2.24) is 20.0 Å². The van der Waals surface area contributed by atoms with Crippen LogP contribution in [0.25, 0.3) is 0 Å². The maximum Gasteiger partial charge on any atom is 0.313 e. The Morgan fingerprint density at radius 1 is 1.46 bits per heavy atom. The SMILES string of the molecule is C=CCN1C[C@@H]2CN(C(=O)CCCc3cn[nH]c3)C[C@]2(C(=O)O)C1. The van der Waals surface area contributed by atoms with Crippen molar-refractivity contribution >= 4 is 11.9 Å². The molecule has 1 amide bonds. The average molecular weight is 332 g/mol. The Bertz CT molecular complexity index is 615. The number of carboxylic acid groups (broad SMARTS) is 1. The Morgan fingerprint density at radius 2 is 2.29 bits per heavy atom. The molecule has 2 fully saturated rings. The molecular formula is C17H24N4O3. The molecule has 1 aromatic rings. The summed E-state index contributed by atoms with van der Waals surface area (Å²) >= 11 is 0. The van der Waals surface area contributed by atoms with Gasteiger partial charge in [-0.3, -0.25) is 19.6 Å². The van der Waals surface area contributed by atoms with Crippen molar-refractivity contribution in [3.05, 3.63) is 30.6 Å². The molecule has 130 valence electrons. The smallest absolute Gasteiger partial charge is 0.313 e. The summed E-state index contributed by atoms with van der Waals surface area (Å²) < 4.78 is 0. The summed E-state index contributed by atoms with van der Waals surface area (Å²) in [7, 11) is 0. The van der Waals surface area contributed by atoms with Gasteiger partial charge in [0.2, 0.25) is 5.91 Å². The average Bonchev–Trinajstić information content (AvgIpc) is 3.21. The van der Waals surface area contributed by atoms with E-state index in [0.29, 0.717) is 32.6 Å². The molecule has 2 saturated heterocycles. The number of aryl methyl sites for hydroxylation is 1. The third-order valence-electron chi connectivity index (χ3n) is 5.26. The number of aromatic nitrogens is 2. The Kier molecular flexibility index (Phi) is 4.71. The third-order valence-corrected chi connectivity index (χ3v) is 5.26. The molecule has 3 rings (SSSR count). The first-order chi connectivity index (χ1) is 11.5. The van der Waals surface area contributed by atoms with Gasteiger partial charge in [-0.05, 0) is 18.4 Å². The van der Waals surface area contributed by atoms with Crippen molar-refractivity contribution in [2.24, 2.45) is 11.3 Å². The molecule has 0 radical (unpaired) electrons. The summed E-state index contributed by atoms with van der Waals surface area (Å²) in [5.74, 6) is -0.718. The fourth-order valence-corrected chi connectivity index (χ4v) is 4.00. The normalized spacial score (nSPS) is 26.5. The summed E-state index contributed by atoms with van der Waals surface area (Å²) in [5, 5.41) is 16.4. The molecule has 2 atom stereocenters. The quantitative estimate of drug-likeness (QED) is 0.720. The van der Waals surface area contributed by atoms with E-state index < -0.39 is 11.4 Å². The fourth-order valence-electron chi connectivity index (χ4n) is 4.00. The van der Waals surface area contributed by atoms with Gasteiger partial charge in [-0.1, -0.05) is 6.08 Å². The fraction of sp³-hybridized carbons (Fsp3) is 0.588. The molecule has 2 aliphatic heterocycles. The summed E-state index contributed by atoms with van der Waals surface area (Å²) in [5.41, 5.74) is 0.270. The van der Waals surface area contributed by atoms with E-state index in [1.807, 2.05) is 6.20 Å². The molecule has 0 aromatic carbocycles. The molecule has 2 aliphatic rings. The molecule has 0 aliphatic carbocycles. The van der Waals surface area contributed by atoms with Gasteiger partial charge in [-0.15, -0.1) is 6.58 Å². The highest BCUT2D eigenvalue weighted by atomic mass is 16.4. The van der Waals surface area contributed by atoms with Crippen LogP contribution in [-0.4, -0.2) is 69.7 Å². The number of aromatic amines is 1. The Morgan fingerprint density at radius 3 is 2.92 bits per heavy atom. The molecule has 0 unspecified atom stereocenters. The van der Waals surface area contributed by atoms with Crippen LogP contribution in [0.4, 0.5) is 0 Å². The molecule has 2 N–H and O–H groups in total. The van der Waals surface area contributed by atoms with Gasteiger partial charge in [-0.25, -0.2) is 0 Å². The van der Waals surface area contributed by atoms with E-state index in [9.17, 15) is 14.7 Å². The summed E-state index contributed by atoms with van der Waals surface area (Å²) in [6.07, 6.45) is 7.40. The Hall–Kier alpha value is -2.15. The van der Waals surface area contributed by atoms with Crippen molar-refractivity contribution in [3.63, 3.8) is 0 Å².